The lowest BCUT2D eigenvalue weighted by Gasteiger charge is -2.32. The second-order valence-electron chi connectivity index (χ2n) is 7.64. The number of aliphatic hydroxyl groups excluding tert-OH is 1. The molecule has 5 nitrogen and oxygen atoms in total. The summed E-state index contributed by atoms with van der Waals surface area (Å²) in [7, 11) is 1.56. The molecule has 0 saturated carbocycles. The highest BCUT2D eigenvalue weighted by Gasteiger charge is 2.24. The highest BCUT2D eigenvalue weighted by molar-refractivity contribution is 6.33. The topological polar surface area (TPSA) is 61.8 Å². The van der Waals surface area contributed by atoms with Gasteiger partial charge in [-0.1, -0.05) is 62.7 Å². The van der Waals surface area contributed by atoms with Crippen molar-refractivity contribution in [2.45, 2.75) is 26.9 Å². The first-order valence-electron chi connectivity index (χ1n) is 8.82. The highest BCUT2D eigenvalue weighted by atomic mass is 35.5. The number of nitrogens with zero attached hydrogens (tertiary/aromatic N) is 1. The van der Waals surface area contributed by atoms with Crippen molar-refractivity contribution in [1.82, 2.24) is 4.90 Å². The number of carbonyl (C=O) groups is 1. The molecule has 27 heavy (non-hydrogen) atoms. The number of benzene rings is 2. The number of nitrogens with one attached hydrogen (secondary N) is 1. The Bertz CT molecular complexity index is 760. The maximum Gasteiger partial charge on any atom is 0.322 e. The molecule has 2 amide bonds. The molecule has 6 heteroatoms. The summed E-state index contributed by atoms with van der Waals surface area (Å²) in [6.45, 7) is 6.80. The van der Waals surface area contributed by atoms with E-state index in [1.54, 1.807) is 30.2 Å². The fourth-order valence-corrected chi connectivity index (χ4v) is 2.92. The molecule has 0 aromatic heterocycles. The molecule has 1 atom stereocenters. The van der Waals surface area contributed by atoms with Crippen LogP contribution in [-0.4, -0.2) is 36.2 Å². The van der Waals surface area contributed by atoms with E-state index in [0.29, 0.717) is 23.0 Å². The van der Waals surface area contributed by atoms with E-state index >= 15 is 0 Å². The zero-order valence-corrected chi connectivity index (χ0v) is 17.0. The molecule has 0 radical (unpaired) electrons. The van der Waals surface area contributed by atoms with Crippen LogP contribution in [0.25, 0.3) is 0 Å². The summed E-state index contributed by atoms with van der Waals surface area (Å²) < 4.78 is 5.13. The van der Waals surface area contributed by atoms with Gasteiger partial charge in [-0.15, -0.1) is 0 Å². The van der Waals surface area contributed by atoms with Crippen LogP contribution < -0.4 is 10.1 Å². The third-order valence-electron chi connectivity index (χ3n) is 3.95. The van der Waals surface area contributed by atoms with Gasteiger partial charge in [0.15, 0.2) is 0 Å². The lowest BCUT2D eigenvalue weighted by Crippen LogP contribution is -2.42. The third-order valence-corrected chi connectivity index (χ3v) is 4.26. The Hall–Kier alpha value is -2.24. The third kappa shape index (κ3) is 6.45. The predicted octanol–water partition coefficient (Wildman–Crippen LogP) is 4.96. The summed E-state index contributed by atoms with van der Waals surface area (Å²) in [6, 6.07) is 14.1. The maximum absolute atomic E-state index is 12.9. The zero-order valence-electron chi connectivity index (χ0n) is 16.2. The number of rotatable bonds is 6. The van der Waals surface area contributed by atoms with Gasteiger partial charge >= 0.3 is 6.03 Å². The van der Waals surface area contributed by atoms with Crippen LogP contribution in [0.3, 0.4) is 0 Å². The molecule has 0 aliphatic rings. The van der Waals surface area contributed by atoms with Crippen molar-refractivity contribution in [2.24, 2.45) is 5.41 Å². The standard InChI is InChI=1S/C21H27ClN2O3/c1-21(2,3)14-24(13-19(25)15-8-6-5-7-9-15)20(26)23-18-11-10-16(27-4)12-17(18)22/h5-12,19,25H,13-14H2,1-4H3,(H,23,26). The minimum absolute atomic E-state index is 0.128. The molecular formula is C21H27ClN2O3. The quantitative estimate of drug-likeness (QED) is 0.732. The van der Waals surface area contributed by atoms with Gasteiger partial charge in [0, 0.05) is 12.6 Å². The van der Waals surface area contributed by atoms with Crippen LogP contribution in [0, 0.1) is 5.41 Å². The fourth-order valence-electron chi connectivity index (χ4n) is 2.70. The van der Waals surface area contributed by atoms with Gasteiger partial charge in [-0.3, -0.25) is 0 Å². The second-order valence-corrected chi connectivity index (χ2v) is 8.05. The second kappa shape index (κ2) is 9.11. The largest absolute Gasteiger partial charge is 0.497 e. The molecule has 1 unspecified atom stereocenters. The average Bonchev–Trinajstić information content (AvgIpc) is 2.62. The first kappa shape index (κ1) is 21.1. The Kier molecular flexibility index (Phi) is 7.11. The molecule has 0 fully saturated rings. The monoisotopic (exact) mass is 390 g/mol. The Balaban J connectivity index is 2.16. The lowest BCUT2D eigenvalue weighted by molar-refractivity contribution is 0.110. The van der Waals surface area contributed by atoms with Crippen molar-refractivity contribution in [3.63, 3.8) is 0 Å². The van der Waals surface area contributed by atoms with Gasteiger partial charge in [-0.05, 0) is 23.1 Å². The number of hydrogen-bond donors (Lipinski definition) is 2. The van der Waals surface area contributed by atoms with Crippen LogP contribution in [0.2, 0.25) is 5.02 Å². The number of aliphatic hydroxyl groups is 1. The number of amides is 2. The predicted molar refractivity (Wildman–Crippen MR) is 109 cm³/mol. The van der Waals surface area contributed by atoms with Crippen molar-refractivity contribution in [1.29, 1.82) is 0 Å². The molecule has 0 spiro atoms. The molecule has 146 valence electrons. The molecule has 0 aliphatic carbocycles. The first-order chi connectivity index (χ1) is 12.7. The van der Waals surface area contributed by atoms with E-state index in [1.807, 2.05) is 51.1 Å². The Labute approximate surface area is 165 Å². The van der Waals surface area contributed by atoms with Crippen molar-refractivity contribution < 1.29 is 14.6 Å². The number of anilines is 1. The van der Waals surface area contributed by atoms with E-state index in [2.05, 4.69) is 5.32 Å². The van der Waals surface area contributed by atoms with Crippen molar-refractivity contribution in [3.05, 3.63) is 59.1 Å². The van der Waals surface area contributed by atoms with E-state index in [4.69, 9.17) is 16.3 Å². The van der Waals surface area contributed by atoms with Crippen molar-refractivity contribution in [3.8, 4) is 5.75 Å². The van der Waals surface area contributed by atoms with Crippen LogP contribution in [0.4, 0.5) is 10.5 Å². The highest BCUT2D eigenvalue weighted by Crippen LogP contribution is 2.27. The normalized spacial score (nSPS) is 12.4. The summed E-state index contributed by atoms with van der Waals surface area (Å²) in [5.41, 5.74) is 1.14. The van der Waals surface area contributed by atoms with E-state index in [1.165, 1.54) is 0 Å². The lowest BCUT2D eigenvalue weighted by atomic mass is 9.95. The van der Waals surface area contributed by atoms with Crippen LogP contribution in [0.15, 0.2) is 48.5 Å². The van der Waals surface area contributed by atoms with Crippen LogP contribution in [0.1, 0.15) is 32.4 Å². The molecule has 0 bridgehead atoms. The first-order valence-corrected chi connectivity index (χ1v) is 9.20. The van der Waals surface area contributed by atoms with Gasteiger partial charge < -0.3 is 20.1 Å². The minimum atomic E-state index is -0.773. The molecule has 0 heterocycles. The van der Waals surface area contributed by atoms with Gasteiger partial charge in [-0.2, -0.15) is 0 Å². The molecule has 0 saturated heterocycles. The van der Waals surface area contributed by atoms with Gasteiger partial charge in [-0.25, -0.2) is 4.79 Å². The van der Waals surface area contributed by atoms with Gasteiger partial charge in [0.2, 0.25) is 0 Å². The molecule has 2 aromatic carbocycles. The van der Waals surface area contributed by atoms with E-state index in [0.717, 1.165) is 5.56 Å². The van der Waals surface area contributed by atoms with Gasteiger partial charge in [0.25, 0.3) is 0 Å². The minimum Gasteiger partial charge on any atom is -0.497 e. The Morgan fingerprint density at radius 1 is 1.22 bits per heavy atom. The Morgan fingerprint density at radius 3 is 2.44 bits per heavy atom. The van der Waals surface area contributed by atoms with Crippen LogP contribution in [0.5, 0.6) is 5.75 Å². The number of hydrogen-bond acceptors (Lipinski definition) is 3. The summed E-state index contributed by atoms with van der Waals surface area (Å²) in [5, 5.41) is 13.8. The molecular weight excluding hydrogens is 364 g/mol. The van der Waals surface area contributed by atoms with Gasteiger partial charge in [0.05, 0.1) is 30.5 Å². The number of methoxy groups -OCH3 is 1. The Morgan fingerprint density at radius 2 is 1.89 bits per heavy atom. The molecule has 2 aromatic rings. The maximum atomic E-state index is 12.9. The molecule has 2 N–H and O–H groups in total. The summed E-state index contributed by atoms with van der Waals surface area (Å²) in [6.07, 6.45) is -0.773. The molecule has 0 aliphatic heterocycles. The number of halogens is 1. The number of ether oxygens (including phenoxy) is 1. The van der Waals surface area contributed by atoms with Crippen LogP contribution >= 0.6 is 11.6 Å². The fraction of sp³-hybridized carbons (Fsp3) is 0.381. The summed E-state index contributed by atoms with van der Waals surface area (Å²) >= 11 is 6.23. The summed E-state index contributed by atoms with van der Waals surface area (Å²) in [5.74, 6) is 0.615. The van der Waals surface area contributed by atoms with E-state index in [-0.39, 0.29) is 18.0 Å². The SMILES string of the molecule is COc1ccc(NC(=O)N(CC(O)c2ccccc2)CC(C)(C)C)c(Cl)c1. The molecule has 2 rings (SSSR count). The number of urea groups is 1. The van der Waals surface area contributed by atoms with Gasteiger partial charge in [0.1, 0.15) is 5.75 Å². The van der Waals surface area contributed by atoms with E-state index in [9.17, 15) is 9.90 Å². The van der Waals surface area contributed by atoms with E-state index < -0.39 is 6.10 Å². The van der Waals surface area contributed by atoms with Crippen molar-refractivity contribution in [2.75, 3.05) is 25.5 Å². The zero-order chi connectivity index (χ0) is 20.0. The van der Waals surface area contributed by atoms with Crippen molar-refractivity contribution >= 4 is 23.3 Å². The smallest absolute Gasteiger partial charge is 0.322 e. The van der Waals surface area contributed by atoms with Crippen LogP contribution in [-0.2, 0) is 0 Å². The summed E-state index contributed by atoms with van der Waals surface area (Å²) in [4.78, 5) is 14.5. The number of carbonyl (C=O) groups excluding carboxylic acids is 1. The average molecular weight is 391 g/mol.